The summed E-state index contributed by atoms with van der Waals surface area (Å²) in [5, 5.41) is 3.07. The second-order valence-corrected chi connectivity index (χ2v) is 5.95. The lowest BCUT2D eigenvalue weighted by Gasteiger charge is -2.31. The van der Waals surface area contributed by atoms with E-state index in [9.17, 15) is 4.79 Å². The van der Waals surface area contributed by atoms with Crippen LogP contribution in [0.3, 0.4) is 0 Å². The Balaban J connectivity index is 2.20. The highest BCUT2D eigenvalue weighted by Gasteiger charge is 2.28. The number of nitrogens with one attached hydrogen (secondary N) is 1. The number of hydrogen-bond acceptors (Lipinski definition) is 5. The lowest BCUT2D eigenvalue weighted by molar-refractivity contribution is 0.0223. The van der Waals surface area contributed by atoms with E-state index in [4.69, 9.17) is 4.74 Å². The maximum atomic E-state index is 12.1. The van der Waals surface area contributed by atoms with Crippen molar-refractivity contribution in [2.24, 2.45) is 0 Å². The van der Waals surface area contributed by atoms with E-state index in [1.807, 2.05) is 34.7 Å². The molecule has 2 rings (SSSR count). The monoisotopic (exact) mass is 278 g/mol. The van der Waals surface area contributed by atoms with Crippen molar-refractivity contribution in [3.63, 3.8) is 0 Å². The molecule has 0 radical (unpaired) electrons. The van der Waals surface area contributed by atoms with Gasteiger partial charge in [-0.25, -0.2) is 14.8 Å². The van der Waals surface area contributed by atoms with Crippen molar-refractivity contribution < 1.29 is 9.53 Å². The maximum Gasteiger partial charge on any atom is 0.410 e. The molecule has 6 nitrogen and oxygen atoms in total. The van der Waals surface area contributed by atoms with Crippen molar-refractivity contribution in [2.45, 2.75) is 46.3 Å². The number of aromatic nitrogens is 2. The molecule has 1 aromatic heterocycles. The first kappa shape index (κ1) is 14.6. The summed E-state index contributed by atoms with van der Waals surface area (Å²) in [7, 11) is 1.83. The molecule has 0 aromatic carbocycles. The van der Waals surface area contributed by atoms with Gasteiger partial charge in [0.15, 0.2) is 0 Å². The molecule has 1 aliphatic rings. The Morgan fingerprint density at radius 2 is 2.05 bits per heavy atom. The number of anilines is 1. The van der Waals surface area contributed by atoms with E-state index in [0.29, 0.717) is 13.1 Å². The average Bonchev–Trinajstić information content (AvgIpc) is 2.35. The molecule has 0 atom stereocenters. The summed E-state index contributed by atoms with van der Waals surface area (Å²) in [6, 6.07) is 0. The minimum atomic E-state index is -0.479. The predicted octanol–water partition coefficient (Wildman–Crippen LogP) is 2.12. The van der Waals surface area contributed by atoms with Gasteiger partial charge in [0.1, 0.15) is 17.2 Å². The lowest BCUT2D eigenvalue weighted by atomic mass is 10.1. The van der Waals surface area contributed by atoms with E-state index in [-0.39, 0.29) is 6.09 Å². The highest BCUT2D eigenvalue weighted by Crippen LogP contribution is 2.24. The quantitative estimate of drug-likeness (QED) is 0.852. The van der Waals surface area contributed by atoms with Crippen LogP contribution in [0.5, 0.6) is 0 Å². The van der Waals surface area contributed by atoms with Gasteiger partial charge in [-0.15, -0.1) is 0 Å². The smallest absolute Gasteiger partial charge is 0.410 e. The van der Waals surface area contributed by atoms with Crippen LogP contribution in [-0.4, -0.2) is 40.2 Å². The predicted molar refractivity (Wildman–Crippen MR) is 76.7 cm³/mol. The Morgan fingerprint density at radius 3 is 2.65 bits per heavy atom. The van der Waals surface area contributed by atoms with Crippen molar-refractivity contribution in [3.05, 3.63) is 17.1 Å². The van der Waals surface area contributed by atoms with Gasteiger partial charge in [0, 0.05) is 25.6 Å². The van der Waals surface area contributed by atoms with Gasteiger partial charge in [-0.05, 0) is 27.7 Å². The van der Waals surface area contributed by atoms with Gasteiger partial charge in [-0.3, -0.25) is 0 Å². The molecule has 0 saturated carbocycles. The number of carbonyl (C=O) groups excluding carboxylic acids is 1. The maximum absolute atomic E-state index is 12.1. The summed E-state index contributed by atoms with van der Waals surface area (Å²) in [6.45, 7) is 8.60. The van der Waals surface area contributed by atoms with Gasteiger partial charge in [-0.1, -0.05) is 0 Å². The molecule has 110 valence electrons. The lowest BCUT2D eigenvalue weighted by Crippen LogP contribution is -2.40. The van der Waals surface area contributed by atoms with Gasteiger partial charge in [0.2, 0.25) is 0 Å². The van der Waals surface area contributed by atoms with Crippen molar-refractivity contribution in [3.8, 4) is 0 Å². The SMILES string of the molecule is CNc1nc(C)nc2c1CN(C(=O)OC(C)(C)C)CC2. The Morgan fingerprint density at radius 1 is 1.35 bits per heavy atom. The van der Waals surface area contributed by atoms with Crippen molar-refractivity contribution in [1.29, 1.82) is 0 Å². The van der Waals surface area contributed by atoms with Crippen LogP contribution >= 0.6 is 0 Å². The van der Waals surface area contributed by atoms with Gasteiger partial charge in [-0.2, -0.15) is 0 Å². The minimum Gasteiger partial charge on any atom is -0.444 e. The van der Waals surface area contributed by atoms with Crippen molar-refractivity contribution >= 4 is 11.9 Å². The molecule has 0 saturated heterocycles. The van der Waals surface area contributed by atoms with E-state index in [0.717, 1.165) is 29.3 Å². The molecule has 20 heavy (non-hydrogen) atoms. The summed E-state index contributed by atoms with van der Waals surface area (Å²) in [5.41, 5.74) is 1.52. The molecule has 1 aromatic rings. The molecule has 0 bridgehead atoms. The summed E-state index contributed by atoms with van der Waals surface area (Å²) in [5.74, 6) is 1.54. The first-order valence-electron chi connectivity index (χ1n) is 6.82. The zero-order valence-electron chi connectivity index (χ0n) is 12.8. The number of fused-ring (bicyclic) bond motifs is 1. The zero-order valence-corrected chi connectivity index (χ0v) is 12.8. The second-order valence-electron chi connectivity index (χ2n) is 5.95. The molecule has 1 amide bonds. The summed E-state index contributed by atoms with van der Waals surface area (Å²) in [4.78, 5) is 22.7. The van der Waals surface area contributed by atoms with E-state index >= 15 is 0 Å². The van der Waals surface area contributed by atoms with Gasteiger partial charge in [0.05, 0.1) is 12.2 Å². The number of amides is 1. The molecular weight excluding hydrogens is 256 g/mol. The van der Waals surface area contributed by atoms with Crippen molar-refractivity contribution in [2.75, 3.05) is 18.9 Å². The molecule has 0 aliphatic carbocycles. The fourth-order valence-corrected chi connectivity index (χ4v) is 2.23. The summed E-state index contributed by atoms with van der Waals surface area (Å²) < 4.78 is 5.42. The molecule has 2 heterocycles. The first-order chi connectivity index (χ1) is 9.30. The largest absolute Gasteiger partial charge is 0.444 e. The van der Waals surface area contributed by atoms with Gasteiger partial charge >= 0.3 is 6.09 Å². The van der Waals surface area contributed by atoms with Crippen LogP contribution in [0.2, 0.25) is 0 Å². The number of carbonyl (C=O) groups is 1. The molecule has 6 heteroatoms. The molecule has 0 unspecified atom stereocenters. The van der Waals surface area contributed by atoms with Gasteiger partial charge < -0.3 is 15.0 Å². The van der Waals surface area contributed by atoms with Crippen LogP contribution < -0.4 is 5.32 Å². The van der Waals surface area contributed by atoms with Crippen LogP contribution in [0, 0.1) is 6.92 Å². The molecular formula is C14H22N4O2. The van der Waals surface area contributed by atoms with Crippen LogP contribution in [0.15, 0.2) is 0 Å². The molecule has 1 aliphatic heterocycles. The zero-order chi connectivity index (χ0) is 14.9. The van der Waals surface area contributed by atoms with E-state index < -0.39 is 5.60 Å². The van der Waals surface area contributed by atoms with Crippen LogP contribution in [0.25, 0.3) is 0 Å². The third-order valence-electron chi connectivity index (χ3n) is 3.06. The topological polar surface area (TPSA) is 67.4 Å². The number of rotatable bonds is 1. The number of ether oxygens (including phenoxy) is 1. The average molecular weight is 278 g/mol. The van der Waals surface area contributed by atoms with Crippen LogP contribution in [-0.2, 0) is 17.7 Å². The van der Waals surface area contributed by atoms with E-state index in [1.165, 1.54) is 0 Å². The fraction of sp³-hybridized carbons (Fsp3) is 0.643. The highest BCUT2D eigenvalue weighted by molar-refractivity contribution is 5.69. The van der Waals surface area contributed by atoms with Gasteiger partial charge in [0.25, 0.3) is 0 Å². The minimum absolute atomic E-state index is 0.286. The Hall–Kier alpha value is -1.85. The van der Waals surface area contributed by atoms with E-state index in [1.54, 1.807) is 4.90 Å². The number of aryl methyl sites for hydroxylation is 1. The molecule has 1 N–H and O–H groups in total. The standard InChI is InChI=1S/C14H22N4O2/c1-9-16-11-6-7-18(13(19)20-14(2,3)4)8-10(11)12(15-5)17-9/h6-8H2,1-5H3,(H,15,16,17). The fourth-order valence-electron chi connectivity index (χ4n) is 2.23. The number of hydrogen-bond donors (Lipinski definition) is 1. The van der Waals surface area contributed by atoms with Crippen LogP contribution in [0.1, 0.15) is 37.9 Å². The van der Waals surface area contributed by atoms with Crippen molar-refractivity contribution in [1.82, 2.24) is 14.9 Å². The Bertz CT molecular complexity index is 505. The Kier molecular flexibility index (Phi) is 3.83. The van der Waals surface area contributed by atoms with E-state index in [2.05, 4.69) is 15.3 Å². The second kappa shape index (κ2) is 5.26. The van der Waals surface area contributed by atoms with Crippen LogP contribution in [0.4, 0.5) is 10.6 Å². The third-order valence-corrected chi connectivity index (χ3v) is 3.06. The Labute approximate surface area is 119 Å². The number of nitrogens with zero attached hydrogens (tertiary/aromatic N) is 3. The first-order valence-corrected chi connectivity index (χ1v) is 6.82. The molecule has 0 spiro atoms. The highest BCUT2D eigenvalue weighted by atomic mass is 16.6. The molecule has 0 fully saturated rings. The summed E-state index contributed by atoms with van der Waals surface area (Å²) >= 11 is 0. The third kappa shape index (κ3) is 3.18. The normalized spacial score (nSPS) is 14.8. The summed E-state index contributed by atoms with van der Waals surface area (Å²) in [6.07, 6.45) is 0.442.